The van der Waals surface area contributed by atoms with E-state index in [2.05, 4.69) is 51.1 Å². The third-order valence-electron chi connectivity index (χ3n) is 6.94. The summed E-state index contributed by atoms with van der Waals surface area (Å²) in [5.74, 6) is 0.904. The lowest BCUT2D eigenvalue weighted by Crippen LogP contribution is -2.14. The largest absolute Gasteiger partial charge is 0.489 e. The summed E-state index contributed by atoms with van der Waals surface area (Å²) >= 11 is 0. The fourth-order valence-corrected chi connectivity index (χ4v) is 4.65. The topological polar surface area (TPSA) is 69.9 Å². The fourth-order valence-electron chi connectivity index (χ4n) is 4.65. The second-order valence-corrected chi connectivity index (χ2v) is 9.31. The van der Waals surface area contributed by atoms with Gasteiger partial charge in [0.1, 0.15) is 12.4 Å². The van der Waals surface area contributed by atoms with Crippen LogP contribution in [0, 0.1) is 0 Å². The SMILES string of the molecule is CCCc1cc(C(C)C(O)CC)ccc1-c1cc(OCc2ccc(CO)c(CO)c2)ccc1CC. The fraction of sp³-hybridized carbons (Fsp3) is 0.419. The molecule has 0 fully saturated rings. The molecule has 0 radical (unpaired) electrons. The minimum absolute atomic E-state index is 0.0893. The molecule has 2 unspecified atom stereocenters. The molecule has 0 bridgehead atoms. The van der Waals surface area contributed by atoms with Gasteiger partial charge in [0.25, 0.3) is 0 Å². The van der Waals surface area contributed by atoms with Crippen molar-refractivity contribution in [2.45, 2.75) is 85.2 Å². The second-order valence-electron chi connectivity index (χ2n) is 9.31. The van der Waals surface area contributed by atoms with Crippen LogP contribution in [-0.4, -0.2) is 21.4 Å². The molecule has 3 aromatic carbocycles. The highest BCUT2D eigenvalue weighted by Crippen LogP contribution is 2.34. The molecule has 188 valence electrons. The zero-order valence-electron chi connectivity index (χ0n) is 21.6. The summed E-state index contributed by atoms with van der Waals surface area (Å²) in [6.45, 7) is 8.68. The molecule has 4 nitrogen and oxygen atoms in total. The number of benzene rings is 3. The molecule has 0 aliphatic carbocycles. The van der Waals surface area contributed by atoms with Gasteiger partial charge < -0.3 is 20.1 Å². The molecule has 4 heteroatoms. The van der Waals surface area contributed by atoms with E-state index >= 15 is 0 Å². The van der Waals surface area contributed by atoms with E-state index in [1.807, 2.05) is 31.2 Å². The predicted molar refractivity (Wildman–Crippen MR) is 143 cm³/mol. The van der Waals surface area contributed by atoms with Crippen molar-refractivity contribution in [1.82, 2.24) is 0 Å². The molecule has 0 saturated heterocycles. The monoisotopic (exact) mass is 476 g/mol. The van der Waals surface area contributed by atoms with Crippen LogP contribution in [0.2, 0.25) is 0 Å². The first kappa shape index (κ1) is 26.9. The molecule has 0 amide bonds. The Bertz CT molecular complexity index is 1110. The Labute approximate surface area is 210 Å². The number of aliphatic hydroxyl groups is 3. The molecule has 3 aromatic rings. The van der Waals surface area contributed by atoms with E-state index in [9.17, 15) is 15.3 Å². The van der Waals surface area contributed by atoms with Gasteiger partial charge >= 0.3 is 0 Å². The van der Waals surface area contributed by atoms with Crippen LogP contribution in [0.5, 0.6) is 5.75 Å². The zero-order valence-corrected chi connectivity index (χ0v) is 21.6. The van der Waals surface area contributed by atoms with Gasteiger partial charge in [-0.15, -0.1) is 0 Å². The van der Waals surface area contributed by atoms with Crippen LogP contribution in [0.3, 0.4) is 0 Å². The van der Waals surface area contributed by atoms with Crippen molar-refractivity contribution in [2.24, 2.45) is 0 Å². The molecule has 0 saturated carbocycles. The zero-order chi connectivity index (χ0) is 25.4. The van der Waals surface area contributed by atoms with E-state index in [1.54, 1.807) is 0 Å². The van der Waals surface area contributed by atoms with Crippen molar-refractivity contribution in [1.29, 1.82) is 0 Å². The summed E-state index contributed by atoms with van der Waals surface area (Å²) in [6.07, 6.45) is 3.37. The van der Waals surface area contributed by atoms with Crippen molar-refractivity contribution >= 4 is 0 Å². The number of aryl methyl sites for hydroxylation is 2. The Balaban J connectivity index is 1.92. The number of ether oxygens (including phenoxy) is 1. The van der Waals surface area contributed by atoms with Crippen molar-refractivity contribution < 1.29 is 20.1 Å². The van der Waals surface area contributed by atoms with Crippen LogP contribution in [0.25, 0.3) is 11.1 Å². The first-order valence-corrected chi connectivity index (χ1v) is 12.8. The first-order valence-electron chi connectivity index (χ1n) is 12.8. The smallest absolute Gasteiger partial charge is 0.120 e. The lowest BCUT2D eigenvalue weighted by molar-refractivity contribution is 0.145. The summed E-state index contributed by atoms with van der Waals surface area (Å²) in [5, 5.41) is 29.4. The predicted octanol–water partition coefficient (Wildman–Crippen LogP) is 6.31. The molecule has 0 aliphatic rings. The van der Waals surface area contributed by atoms with Crippen molar-refractivity contribution in [3.8, 4) is 16.9 Å². The van der Waals surface area contributed by atoms with Crippen molar-refractivity contribution in [2.75, 3.05) is 0 Å². The third-order valence-corrected chi connectivity index (χ3v) is 6.94. The maximum atomic E-state index is 10.4. The van der Waals surface area contributed by atoms with E-state index in [0.717, 1.165) is 48.1 Å². The summed E-state index contributed by atoms with van der Waals surface area (Å²) in [6, 6.07) is 18.6. The molecular formula is C31H40O4. The summed E-state index contributed by atoms with van der Waals surface area (Å²) in [4.78, 5) is 0. The van der Waals surface area contributed by atoms with Gasteiger partial charge in [0, 0.05) is 5.92 Å². The van der Waals surface area contributed by atoms with Gasteiger partial charge in [-0.3, -0.25) is 0 Å². The second kappa shape index (κ2) is 12.9. The third kappa shape index (κ3) is 6.52. The van der Waals surface area contributed by atoms with Crippen molar-refractivity contribution in [3.63, 3.8) is 0 Å². The molecule has 0 aliphatic heterocycles. The number of hydrogen-bond donors (Lipinski definition) is 3. The van der Waals surface area contributed by atoms with E-state index in [4.69, 9.17) is 4.74 Å². The van der Waals surface area contributed by atoms with Crippen LogP contribution in [0.15, 0.2) is 54.6 Å². The quantitative estimate of drug-likeness (QED) is 0.287. The Hall–Kier alpha value is -2.66. The normalized spacial score (nSPS) is 13.0. The molecule has 3 N–H and O–H groups in total. The summed E-state index contributed by atoms with van der Waals surface area (Å²) in [7, 11) is 0. The molecule has 35 heavy (non-hydrogen) atoms. The molecule has 2 atom stereocenters. The highest BCUT2D eigenvalue weighted by atomic mass is 16.5. The average Bonchev–Trinajstić information content (AvgIpc) is 2.90. The lowest BCUT2D eigenvalue weighted by atomic mass is 9.87. The van der Waals surface area contributed by atoms with E-state index in [0.29, 0.717) is 6.61 Å². The van der Waals surface area contributed by atoms with E-state index in [-0.39, 0.29) is 25.2 Å². The molecule has 0 heterocycles. The van der Waals surface area contributed by atoms with Gasteiger partial charge in [-0.2, -0.15) is 0 Å². The van der Waals surface area contributed by atoms with Crippen LogP contribution in [-0.2, 0) is 32.7 Å². The Morgan fingerprint density at radius 2 is 1.51 bits per heavy atom. The van der Waals surface area contributed by atoms with E-state index in [1.165, 1.54) is 27.8 Å². The van der Waals surface area contributed by atoms with Gasteiger partial charge in [-0.1, -0.05) is 70.5 Å². The van der Waals surface area contributed by atoms with Crippen LogP contribution in [0.4, 0.5) is 0 Å². The highest BCUT2D eigenvalue weighted by molar-refractivity contribution is 5.73. The Morgan fingerprint density at radius 1 is 0.771 bits per heavy atom. The average molecular weight is 477 g/mol. The van der Waals surface area contributed by atoms with Crippen molar-refractivity contribution in [3.05, 3.63) is 88.0 Å². The van der Waals surface area contributed by atoms with Gasteiger partial charge in [0.05, 0.1) is 19.3 Å². The Morgan fingerprint density at radius 3 is 2.17 bits per heavy atom. The summed E-state index contributed by atoms with van der Waals surface area (Å²) < 4.78 is 6.16. The van der Waals surface area contributed by atoms with Gasteiger partial charge in [-0.25, -0.2) is 0 Å². The minimum atomic E-state index is -0.337. The van der Waals surface area contributed by atoms with Gasteiger partial charge in [0.2, 0.25) is 0 Å². The molecule has 0 spiro atoms. The van der Waals surface area contributed by atoms with Crippen LogP contribution >= 0.6 is 0 Å². The number of aliphatic hydroxyl groups excluding tert-OH is 3. The van der Waals surface area contributed by atoms with Crippen LogP contribution in [0.1, 0.15) is 79.8 Å². The van der Waals surface area contributed by atoms with E-state index < -0.39 is 0 Å². The molecule has 3 rings (SSSR count). The van der Waals surface area contributed by atoms with Crippen LogP contribution < -0.4 is 4.74 Å². The summed E-state index contributed by atoms with van der Waals surface area (Å²) in [5.41, 5.74) is 8.59. The Kier molecular flexibility index (Phi) is 9.91. The lowest BCUT2D eigenvalue weighted by Gasteiger charge is -2.21. The number of hydrogen-bond acceptors (Lipinski definition) is 4. The maximum Gasteiger partial charge on any atom is 0.120 e. The first-order chi connectivity index (χ1) is 16.9. The minimum Gasteiger partial charge on any atom is -0.489 e. The molecular weight excluding hydrogens is 436 g/mol. The van der Waals surface area contributed by atoms with Gasteiger partial charge in [0.15, 0.2) is 0 Å². The van der Waals surface area contributed by atoms with Gasteiger partial charge in [-0.05, 0) is 82.0 Å². The standard InChI is InChI=1S/C31H40O4/c1-5-8-25-16-24(21(4)31(34)7-3)12-14-29(25)30-17-28(13-11-23(30)6-2)35-20-22-9-10-26(18-32)27(15-22)19-33/h9-17,21,31-34H,5-8,18-20H2,1-4H3. The highest BCUT2D eigenvalue weighted by Gasteiger charge is 2.17. The molecule has 0 aromatic heterocycles. The maximum absolute atomic E-state index is 10.4. The number of rotatable bonds is 12.